The first kappa shape index (κ1) is 21.9. The van der Waals surface area contributed by atoms with E-state index in [2.05, 4.69) is 15.8 Å². The van der Waals surface area contributed by atoms with E-state index in [4.69, 9.17) is 4.74 Å². The summed E-state index contributed by atoms with van der Waals surface area (Å²) in [6.45, 7) is 5.21. The monoisotopic (exact) mass is 401 g/mol. The fourth-order valence-electron chi connectivity index (χ4n) is 2.64. The lowest BCUT2D eigenvalue weighted by Crippen LogP contribution is -2.43. The highest BCUT2D eigenvalue weighted by molar-refractivity contribution is 5.95. The van der Waals surface area contributed by atoms with Crippen LogP contribution in [0.2, 0.25) is 0 Å². The number of benzene rings is 2. The molecule has 0 heterocycles. The largest absolute Gasteiger partial charge is 0.455 e. The standard InChI is InChI=1S/C21H24FN3O4/c1-3-25(4-2)17-11-9-15(10-12-17)21(28)24-23-19(26)14-29-20(27)13-16-7-5-6-8-18(16)22/h5-12H,3-4,13-14H2,1-2H3,(H,23,26)(H,24,28). The molecule has 7 nitrogen and oxygen atoms in total. The van der Waals surface area contributed by atoms with Gasteiger partial charge in [-0.05, 0) is 49.7 Å². The van der Waals surface area contributed by atoms with Crippen LogP contribution >= 0.6 is 0 Å². The van der Waals surface area contributed by atoms with Crippen molar-refractivity contribution >= 4 is 23.5 Å². The van der Waals surface area contributed by atoms with Crippen molar-refractivity contribution in [2.24, 2.45) is 0 Å². The summed E-state index contributed by atoms with van der Waals surface area (Å²) >= 11 is 0. The van der Waals surface area contributed by atoms with Crippen LogP contribution in [0.4, 0.5) is 10.1 Å². The summed E-state index contributed by atoms with van der Waals surface area (Å²) in [6, 6.07) is 12.8. The second-order valence-corrected chi connectivity index (χ2v) is 6.15. The first-order valence-corrected chi connectivity index (χ1v) is 9.27. The minimum absolute atomic E-state index is 0.180. The van der Waals surface area contributed by atoms with E-state index in [1.165, 1.54) is 18.2 Å². The van der Waals surface area contributed by atoms with Crippen molar-refractivity contribution < 1.29 is 23.5 Å². The Morgan fingerprint density at radius 1 is 0.966 bits per heavy atom. The molecule has 154 valence electrons. The molecule has 0 aliphatic carbocycles. The molecule has 29 heavy (non-hydrogen) atoms. The molecule has 8 heteroatoms. The van der Waals surface area contributed by atoms with Crippen molar-refractivity contribution in [2.45, 2.75) is 20.3 Å². The second kappa shape index (κ2) is 10.8. The highest BCUT2D eigenvalue weighted by Crippen LogP contribution is 2.14. The van der Waals surface area contributed by atoms with E-state index >= 15 is 0 Å². The molecule has 2 aromatic carbocycles. The molecule has 0 bridgehead atoms. The van der Waals surface area contributed by atoms with Crippen molar-refractivity contribution in [3.05, 3.63) is 65.5 Å². The van der Waals surface area contributed by atoms with Crippen molar-refractivity contribution in [2.75, 3.05) is 24.6 Å². The average Bonchev–Trinajstić information content (AvgIpc) is 2.73. The van der Waals surface area contributed by atoms with E-state index in [0.29, 0.717) is 5.56 Å². The molecule has 2 amide bonds. The molecular weight excluding hydrogens is 377 g/mol. The minimum atomic E-state index is -0.747. The predicted molar refractivity (Wildman–Crippen MR) is 107 cm³/mol. The van der Waals surface area contributed by atoms with Gasteiger partial charge in [0, 0.05) is 24.3 Å². The zero-order chi connectivity index (χ0) is 21.2. The molecule has 0 saturated heterocycles. The molecule has 0 unspecified atom stereocenters. The SMILES string of the molecule is CCN(CC)c1ccc(C(=O)NNC(=O)COC(=O)Cc2ccccc2F)cc1. The molecule has 2 N–H and O–H groups in total. The van der Waals surface area contributed by atoms with E-state index in [1.807, 2.05) is 26.0 Å². The number of amides is 2. The van der Waals surface area contributed by atoms with Crippen LogP contribution in [0.1, 0.15) is 29.8 Å². The zero-order valence-corrected chi connectivity index (χ0v) is 16.4. The van der Waals surface area contributed by atoms with Gasteiger partial charge in [-0.1, -0.05) is 18.2 Å². The van der Waals surface area contributed by atoms with Gasteiger partial charge in [0.2, 0.25) is 0 Å². The van der Waals surface area contributed by atoms with Gasteiger partial charge >= 0.3 is 5.97 Å². The van der Waals surface area contributed by atoms with Crippen molar-refractivity contribution in [1.29, 1.82) is 0 Å². The summed E-state index contributed by atoms with van der Waals surface area (Å²) in [6.07, 6.45) is -0.287. The number of halogens is 1. The lowest BCUT2D eigenvalue weighted by Gasteiger charge is -2.21. The van der Waals surface area contributed by atoms with Crippen LogP contribution in [-0.2, 0) is 20.7 Å². The molecule has 0 aliphatic heterocycles. The molecule has 0 aromatic heterocycles. The van der Waals surface area contributed by atoms with Gasteiger partial charge in [0.15, 0.2) is 6.61 Å². The van der Waals surface area contributed by atoms with Crippen LogP contribution in [0, 0.1) is 5.82 Å². The summed E-state index contributed by atoms with van der Waals surface area (Å²) in [5.41, 5.74) is 5.98. The third-order valence-electron chi connectivity index (χ3n) is 4.23. The van der Waals surface area contributed by atoms with E-state index in [9.17, 15) is 18.8 Å². The average molecular weight is 401 g/mol. The van der Waals surface area contributed by atoms with E-state index in [-0.39, 0.29) is 12.0 Å². The summed E-state index contributed by atoms with van der Waals surface area (Å²) in [5.74, 6) is -2.47. The zero-order valence-electron chi connectivity index (χ0n) is 16.4. The Morgan fingerprint density at radius 2 is 1.62 bits per heavy atom. The number of anilines is 1. The third kappa shape index (κ3) is 6.60. The maximum atomic E-state index is 13.5. The lowest BCUT2D eigenvalue weighted by molar-refractivity contribution is -0.148. The van der Waals surface area contributed by atoms with Gasteiger partial charge in [-0.25, -0.2) is 4.39 Å². The van der Waals surface area contributed by atoms with Crippen molar-refractivity contribution in [3.63, 3.8) is 0 Å². The molecule has 0 saturated carbocycles. The van der Waals surface area contributed by atoms with Gasteiger partial charge in [0.25, 0.3) is 11.8 Å². The Kier molecular flexibility index (Phi) is 8.14. The van der Waals surface area contributed by atoms with Crippen molar-refractivity contribution in [3.8, 4) is 0 Å². The molecule has 2 rings (SSSR count). The Bertz CT molecular complexity index is 851. The third-order valence-corrected chi connectivity index (χ3v) is 4.23. The van der Waals surface area contributed by atoms with Crippen LogP contribution in [0.5, 0.6) is 0 Å². The number of carbonyl (C=O) groups is 3. The summed E-state index contributed by atoms with van der Waals surface area (Å²) < 4.78 is 18.3. The number of hydrazine groups is 1. The quantitative estimate of drug-likeness (QED) is 0.523. The van der Waals surface area contributed by atoms with Crippen molar-refractivity contribution in [1.82, 2.24) is 10.9 Å². The molecule has 0 aliphatic rings. The molecule has 0 radical (unpaired) electrons. The number of carbonyl (C=O) groups excluding carboxylic acids is 3. The summed E-state index contributed by atoms with van der Waals surface area (Å²) in [7, 11) is 0. The number of esters is 1. The highest BCUT2D eigenvalue weighted by Gasteiger charge is 2.12. The normalized spacial score (nSPS) is 10.2. The van der Waals surface area contributed by atoms with Crippen LogP contribution in [-0.4, -0.2) is 37.5 Å². The van der Waals surface area contributed by atoms with E-state index in [1.54, 1.807) is 18.2 Å². The molecule has 2 aromatic rings. The predicted octanol–water partition coefficient (Wildman–Crippen LogP) is 2.22. The van der Waals surface area contributed by atoms with Gasteiger partial charge in [-0.15, -0.1) is 0 Å². The molecule has 0 spiro atoms. The van der Waals surface area contributed by atoms with Crippen LogP contribution in [0.25, 0.3) is 0 Å². The topological polar surface area (TPSA) is 87.7 Å². The number of nitrogens with one attached hydrogen (secondary N) is 2. The molecule has 0 atom stereocenters. The van der Waals surface area contributed by atoms with Gasteiger partial charge in [-0.2, -0.15) is 0 Å². The lowest BCUT2D eigenvalue weighted by atomic mass is 10.1. The van der Waals surface area contributed by atoms with Gasteiger partial charge in [-0.3, -0.25) is 25.2 Å². The summed E-state index contributed by atoms with van der Waals surface area (Å²) in [4.78, 5) is 37.7. The fraction of sp³-hybridized carbons (Fsp3) is 0.286. The maximum absolute atomic E-state index is 13.5. The number of ether oxygens (including phenoxy) is 1. The van der Waals surface area contributed by atoms with Gasteiger partial charge in [0.05, 0.1) is 6.42 Å². The van der Waals surface area contributed by atoms with E-state index < -0.39 is 30.2 Å². The smallest absolute Gasteiger partial charge is 0.310 e. The number of hydrogen-bond acceptors (Lipinski definition) is 5. The van der Waals surface area contributed by atoms with Gasteiger partial charge < -0.3 is 9.64 Å². The second-order valence-electron chi connectivity index (χ2n) is 6.15. The Labute approximate surface area is 168 Å². The number of hydrogen-bond donors (Lipinski definition) is 2. The Morgan fingerprint density at radius 3 is 2.24 bits per heavy atom. The fourth-order valence-corrected chi connectivity index (χ4v) is 2.64. The Balaban J connectivity index is 1.76. The number of rotatable bonds is 8. The highest BCUT2D eigenvalue weighted by atomic mass is 19.1. The Hall–Kier alpha value is -3.42. The molecular formula is C21H24FN3O4. The summed E-state index contributed by atoms with van der Waals surface area (Å²) in [5, 5.41) is 0. The number of nitrogens with zero attached hydrogens (tertiary/aromatic N) is 1. The first-order chi connectivity index (χ1) is 13.9. The molecule has 0 fully saturated rings. The first-order valence-electron chi connectivity index (χ1n) is 9.27. The maximum Gasteiger partial charge on any atom is 0.310 e. The van der Waals surface area contributed by atoms with Crippen LogP contribution < -0.4 is 15.8 Å². The van der Waals surface area contributed by atoms with Crippen LogP contribution in [0.15, 0.2) is 48.5 Å². The van der Waals surface area contributed by atoms with Crippen LogP contribution in [0.3, 0.4) is 0 Å². The van der Waals surface area contributed by atoms with Gasteiger partial charge in [0.1, 0.15) is 5.82 Å². The van der Waals surface area contributed by atoms with E-state index in [0.717, 1.165) is 18.8 Å². The minimum Gasteiger partial charge on any atom is -0.455 e.